The van der Waals surface area contributed by atoms with Gasteiger partial charge in [-0.3, -0.25) is 0 Å². The highest BCUT2D eigenvalue weighted by atomic mass is 19.4. The van der Waals surface area contributed by atoms with Crippen LogP contribution in [0, 0.1) is 28.9 Å². The lowest BCUT2D eigenvalue weighted by molar-refractivity contribution is -0.174. The molecule has 10 heteroatoms. The number of hydrogen-bond donors (Lipinski definition) is 2. The van der Waals surface area contributed by atoms with Gasteiger partial charge in [-0.15, -0.1) is 0 Å². The van der Waals surface area contributed by atoms with E-state index >= 15 is 8.78 Å². The summed E-state index contributed by atoms with van der Waals surface area (Å²) < 4.78 is 82.3. The van der Waals surface area contributed by atoms with E-state index < -0.39 is 34.9 Å². The summed E-state index contributed by atoms with van der Waals surface area (Å²) in [5, 5.41) is 15.0. The smallest absolute Gasteiger partial charge is 0.385 e. The van der Waals surface area contributed by atoms with Crippen LogP contribution in [0.2, 0.25) is 0 Å². The summed E-state index contributed by atoms with van der Waals surface area (Å²) >= 11 is 0. The standard InChI is InChI=1S/C33H46F5N3O2/c1-5-9-17-42-32(43-18-10-6-2)24(8-4)14-16-41-27-20-29(34)31(30(35)21-27)23(7-3)13-15-40-26-12-11-25(22-39)28(19-26)33(36,37)38/h11-12,19-21,23-24,32,40-41H,5-10,13-18H2,1-4H3. The second-order valence-corrected chi connectivity index (χ2v) is 10.7. The first-order valence-electron chi connectivity index (χ1n) is 15.4. The molecule has 0 fully saturated rings. The number of anilines is 2. The Hall–Kier alpha value is -2.90. The van der Waals surface area contributed by atoms with Gasteiger partial charge >= 0.3 is 6.18 Å². The molecule has 5 nitrogen and oxygen atoms in total. The van der Waals surface area contributed by atoms with Crippen molar-refractivity contribution >= 4 is 11.4 Å². The Morgan fingerprint density at radius 3 is 1.91 bits per heavy atom. The Morgan fingerprint density at radius 2 is 1.40 bits per heavy atom. The van der Waals surface area contributed by atoms with Crippen molar-refractivity contribution in [2.75, 3.05) is 36.9 Å². The van der Waals surface area contributed by atoms with Gasteiger partial charge in [0.15, 0.2) is 6.29 Å². The third kappa shape index (κ3) is 11.6. The van der Waals surface area contributed by atoms with Crippen LogP contribution in [0.1, 0.15) is 102 Å². The second-order valence-electron chi connectivity index (χ2n) is 10.7. The van der Waals surface area contributed by atoms with E-state index in [1.54, 1.807) is 6.07 Å². The Morgan fingerprint density at radius 1 is 0.814 bits per heavy atom. The van der Waals surface area contributed by atoms with Crippen molar-refractivity contribution < 1.29 is 31.4 Å². The normalized spacial score (nSPS) is 13.1. The van der Waals surface area contributed by atoms with Crippen molar-refractivity contribution in [2.45, 2.75) is 97.4 Å². The lowest BCUT2D eigenvalue weighted by Gasteiger charge is -2.27. The monoisotopic (exact) mass is 611 g/mol. The number of hydrogen-bond acceptors (Lipinski definition) is 5. The number of nitriles is 1. The van der Waals surface area contributed by atoms with Crippen molar-refractivity contribution in [3.05, 3.63) is 58.7 Å². The summed E-state index contributed by atoms with van der Waals surface area (Å²) in [5.41, 5.74) is -1.00. The van der Waals surface area contributed by atoms with E-state index in [9.17, 15) is 13.2 Å². The van der Waals surface area contributed by atoms with E-state index in [0.29, 0.717) is 44.7 Å². The van der Waals surface area contributed by atoms with Gasteiger partial charge in [0.05, 0.1) is 17.2 Å². The molecule has 0 aromatic heterocycles. The van der Waals surface area contributed by atoms with Gasteiger partial charge in [-0.25, -0.2) is 8.78 Å². The van der Waals surface area contributed by atoms with Crippen LogP contribution in [0.5, 0.6) is 0 Å². The molecule has 0 aliphatic heterocycles. The fourth-order valence-corrected chi connectivity index (χ4v) is 4.95. The van der Waals surface area contributed by atoms with Crippen LogP contribution in [0.3, 0.4) is 0 Å². The molecule has 0 heterocycles. The van der Waals surface area contributed by atoms with E-state index in [-0.39, 0.29) is 30.0 Å². The number of unbranched alkanes of at least 4 members (excludes halogenated alkanes) is 2. The molecule has 0 saturated heterocycles. The molecule has 0 saturated carbocycles. The number of benzene rings is 2. The van der Waals surface area contributed by atoms with Crippen molar-refractivity contribution in [1.82, 2.24) is 0 Å². The molecule has 2 N–H and O–H groups in total. The van der Waals surface area contributed by atoms with Gasteiger partial charge < -0.3 is 20.1 Å². The number of ether oxygens (including phenoxy) is 2. The molecule has 2 aromatic rings. The summed E-state index contributed by atoms with van der Waals surface area (Å²) in [5.74, 6) is -1.67. The van der Waals surface area contributed by atoms with Crippen LogP contribution >= 0.6 is 0 Å². The van der Waals surface area contributed by atoms with E-state index in [0.717, 1.165) is 44.2 Å². The van der Waals surface area contributed by atoms with Gasteiger partial charge in [0.25, 0.3) is 0 Å². The minimum atomic E-state index is -4.67. The van der Waals surface area contributed by atoms with Crippen LogP contribution in [0.25, 0.3) is 0 Å². The number of rotatable bonds is 20. The molecule has 2 rings (SSSR count). The maximum atomic E-state index is 15.2. The molecule has 0 bridgehead atoms. The molecule has 240 valence electrons. The van der Waals surface area contributed by atoms with E-state index in [4.69, 9.17) is 14.7 Å². The number of alkyl halides is 3. The maximum Gasteiger partial charge on any atom is 0.417 e. The van der Waals surface area contributed by atoms with Gasteiger partial charge in [-0.1, -0.05) is 40.5 Å². The van der Waals surface area contributed by atoms with Crippen molar-refractivity contribution in [3.8, 4) is 6.07 Å². The Labute approximate surface area is 253 Å². The zero-order valence-corrected chi connectivity index (χ0v) is 25.8. The van der Waals surface area contributed by atoms with Crippen molar-refractivity contribution in [1.29, 1.82) is 5.26 Å². The summed E-state index contributed by atoms with van der Waals surface area (Å²) in [6, 6.07) is 7.50. The topological polar surface area (TPSA) is 66.3 Å². The lowest BCUT2D eigenvalue weighted by atomic mass is 9.91. The predicted octanol–water partition coefficient (Wildman–Crippen LogP) is 9.64. The molecular formula is C33H46F5N3O2. The summed E-state index contributed by atoms with van der Waals surface area (Å²) in [6.07, 6.45) is 1.28. The van der Waals surface area contributed by atoms with Gasteiger partial charge in [0, 0.05) is 49.2 Å². The summed E-state index contributed by atoms with van der Waals surface area (Å²) in [4.78, 5) is 0. The van der Waals surface area contributed by atoms with Gasteiger partial charge in [0.1, 0.15) is 11.6 Å². The quantitative estimate of drug-likeness (QED) is 0.0887. The van der Waals surface area contributed by atoms with E-state index in [1.807, 2.05) is 6.92 Å². The minimum Gasteiger partial charge on any atom is -0.385 e. The Bertz CT molecular complexity index is 1120. The Kier molecular flexibility index (Phi) is 15.8. The highest BCUT2D eigenvalue weighted by Crippen LogP contribution is 2.34. The molecule has 43 heavy (non-hydrogen) atoms. The minimum absolute atomic E-state index is 0.0363. The van der Waals surface area contributed by atoms with E-state index in [2.05, 4.69) is 31.4 Å². The first-order valence-corrected chi connectivity index (χ1v) is 15.4. The van der Waals surface area contributed by atoms with Crippen LogP contribution in [-0.2, 0) is 15.7 Å². The van der Waals surface area contributed by atoms with Crippen LogP contribution in [0.4, 0.5) is 33.3 Å². The third-order valence-corrected chi connectivity index (χ3v) is 7.56. The lowest BCUT2D eigenvalue weighted by Crippen LogP contribution is -2.29. The van der Waals surface area contributed by atoms with Crippen LogP contribution in [0.15, 0.2) is 30.3 Å². The predicted molar refractivity (Wildman–Crippen MR) is 161 cm³/mol. The maximum absolute atomic E-state index is 15.2. The van der Waals surface area contributed by atoms with Gasteiger partial charge in [-0.05, 0) is 74.8 Å². The van der Waals surface area contributed by atoms with Crippen molar-refractivity contribution in [3.63, 3.8) is 0 Å². The zero-order valence-electron chi connectivity index (χ0n) is 25.8. The molecular weight excluding hydrogens is 565 g/mol. The molecule has 2 atom stereocenters. The molecule has 0 aliphatic carbocycles. The fraction of sp³-hybridized carbons (Fsp3) is 0.606. The summed E-state index contributed by atoms with van der Waals surface area (Å²) in [6.45, 7) is 10.0. The first kappa shape index (κ1) is 36.3. The average molecular weight is 612 g/mol. The largest absolute Gasteiger partial charge is 0.417 e. The van der Waals surface area contributed by atoms with Crippen LogP contribution in [-0.4, -0.2) is 32.6 Å². The molecule has 0 aliphatic rings. The zero-order chi connectivity index (χ0) is 31.8. The molecule has 2 unspecified atom stereocenters. The van der Waals surface area contributed by atoms with Crippen molar-refractivity contribution in [2.24, 2.45) is 5.92 Å². The number of halogens is 5. The SMILES string of the molecule is CCCCOC(OCCCC)C(CC)CCNc1cc(F)c(C(CC)CCNc2ccc(C#N)c(C(F)(F)F)c2)c(F)c1. The molecule has 0 amide bonds. The second kappa shape index (κ2) is 18.7. The Balaban J connectivity index is 2.01. The van der Waals surface area contributed by atoms with Gasteiger partial charge in [0.2, 0.25) is 0 Å². The fourth-order valence-electron chi connectivity index (χ4n) is 4.95. The molecule has 2 aromatic carbocycles. The highest BCUT2D eigenvalue weighted by molar-refractivity contribution is 5.53. The number of nitrogens with one attached hydrogen (secondary N) is 2. The third-order valence-electron chi connectivity index (χ3n) is 7.56. The first-order chi connectivity index (χ1) is 20.6. The number of nitrogens with zero attached hydrogens (tertiary/aromatic N) is 1. The van der Waals surface area contributed by atoms with E-state index in [1.165, 1.54) is 18.2 Å². The average Bonchev–Trinajstić information content (AvgIpc) is 2.97. The molecule has 0 radical (unpaired) electrons. The van der Waals surface area contributed by atoms with Crippen LogP contribution < -0.4 is 10.6 Å². The highest BCUT2D eigenvalue weighted by Gasteiger charge is 2.34. The van der Waals surface area contributed by atoms with Gasteiger partial charge in [-0.2, -0.15) is 18.4 Å². The molecule has 0 spiro atoms. The summed E-state index contributed by atoms with van der Waals surface area (Å²) in [7, 11) is 0.